The van der Waals surface area contributed by atoms with Crippen LogP contribution in [0.5, 0.6) is 23.5 Å². The average Bonchev–Trinajstić information content (AvgIpc) is 3.45. The molecule has 0 saturated heterocycles. The van der Waals surface area contributed by atoms with Crippen LogP contribution in [0.1, 0.15) is 161 Å². The lowest BCUT2D eigenvalue weighted by molar-refractivity contribution is 0.0999. The lowest BCUT2D eigenvalue weighted by Crippen LogP contribution is -2.03. The Morgan fingerprint density at radius 2 is 0.829 bits per heavy atom. The van der Waals surface area contributed by atoms with Crippen molar-refractivity contribution in [3.63, 3.8) is 0 Å². The predicted molar refractivity (Wildman–Crippen MR) is 311 cm³/mol. The smallest absolute Gasteiger partial charge is 0.235 e. The van der Waals surface area contributed by atoms with Gasteiger partial charge in [-0.2, -0.15) is 0 Å². The van der Waals surface area contributed by atoms with Crippen molar-refractivity contribution in [2.24, 2.45) is 0 Å². The van der Waals surface area contributed by atoms with Gasteiger partial charge in [0.05, 0.1) is 92.6 Å². The summed E-state index contributed by atoms with van der Waals surface area (Å²) in [5.74, 6) is 2.65. The quantitative estimate of drug-likeness (QED) is 0.115. The maximum Gasteiger partial charge on any atom is 0.235 e. The first-order valence-electron chi connectivity index (χ1n) is 25.0. The Kier molecular flexibility index (Phi) is 35.2. The molecule has 8 aromatic rings. The van der Waals surface area contributed by atoms with Crippen LogP contribution in [0.25, 0.3) is 0 Å². The summed E-state index contributed by atoms with van der Waals surface area (Å²) in [6, 6.07) is 0. The zero-order valence-corrected chi connectivity index (χ0v) is 49.8. The van der Waals surface area contributed by atoms with Gasteiger partial charge in [0.25, 0.3) is 0 Å². The van der Waals surface area contributed by atoms with Gasteiger partial charge in [0, 0.05) is 102 Å². The first kappa shape index (κ1) is 72.5. The fraction of sp³-hybridized carbons (Fsp3) is 0.379. The molecule has 0 radical (unpaired) electrons. The average molecular weight is 1130 g/mol. The third-order valence-corrected chi connectivity index (χ3v) is 9.81. The van der Waals surface area contributed by atoms with Gasteiger partial charge in [0.2, 0.25) is 23.5 Å². The van der Waals surface area contributed by atoms with E-state index in [2.05, 4.69) is 93.6 Å². The minimum atomic E-state index is -0.0486. The van der Waals surface area contributed by atoms with E-state index >= 15 is 0 Å². The van der Waals surface area contributed by atoms with E-state index in [0.717, 1.165) is 52.0 Å². The largest absolute Gasteiger partial charge is 0.480 e. The molecule has 24 heteroatoms. The normalized spacial score (nSPS) is 9.41. The van der Waals surface area contributed by atoms with Crippen molar-refractivity contribution < 1.29 is 38.1 Å². The Hall–Kier alpha value is -9.48. The molecule has 24 nitrogen and oxygen atoms in total. The minimum Gasteiger partial charge on any atom is -0.480 e. The van der Waals surface area contributed by atoms with Crippen LogP contribution in [0.15, 0.2) is 86.8 Å². The monoisotopic (exact) mass is 1130 g/mol. The van der Waals surface area contributed by atoms with Gasteiger partial charge in [0.1, 0.15) is 34.2 Å². The van der Waals surface area contributed by atoms with E-state index < -0.39 is 0 Å². The van der Waals surface area contributed by atoms with Crippen LogP contribution < -0.4 is 18.9 Å². The van der Waals surface area contributed by atoms with Crippen molar-refractivity contribution in [2.75, 3.05) is 28.4 Å². The molecule has 0 saturated carbocycles. The molecule has 82 heavy (non-hydrogen) atoms. The molecular formula is C58H78N16O8. The second kappa shape index (κ2) is 39.8. The molecule has 0 aliphatic carbocycles. The second-order valence-corrected chi connectivity index (χ2v) is 17.0. The molecule has 8 rings (SSSR count). The summed E-state index contributed by atoms with van der Waals surface area (Å²) in [5.41, 5.74) is 10.0. The van der Waals surface area contributed by atoms with Crippen LogP contribution in [0.2, 0.25) is 0 Å². The summed E-state index contributed by atoms with van der Waals surface area (Å²) in [7, 11) is 6.38. The molecule has 0 aromatic carbocycles. The molecule has 0 atom stereocenters. The number of hydrogen-bond donors (Lipinski definition) is 0. The van der Waals surface area contributed by atoms with Crippen molar-refractivity contribution in [1.29, 1.82) is 0 Å². The topological polar surface area (TPSA) is 311 Å². The number of aromatic nitrogens is 16. The molecule has 0 amide bonds. The fourth-order valence-corrected chi connectivity index (χ4v) is 5.94. The third kappa shape index (κ3) is 27.9. The highest BCUT2D eigenvalue weighted by Gasteiger charge is 2.09. The van der Waals surface area contributed by atoms with Gasteiger partial charge in [-0.1, -0.05) is 28.2 Å². The Morgan fingerprint density at radius 1 is 0.390 bits per heavy atom. The number of Topliss-reactive ketones (excluding diaryl/α,β-unsaturated/α-hetero) is 4. The van der Waals surface area contributed by atoms with E-state index in [9.17, 15) is 19.2 Å². The van der Waals surface area contributed by atoms with Gasteiger partial charge in [-0.05, 0) is 61.8 Å². The van der Waals surface area contributed by atoms with Crippen molar-refractivity contribution in [1.82, 2.24) is 79.7 Å². The van der Waals surface area contributed by atoms with Crippen molar-refractivity contribution in [3.05, 3.63) is 166 Å². The van der Waals surface area contributed by atoms with Gasteiger partial charge >= 0.3 is 0 Å². The molecule has 0 N–H and O–H groups in total. The molecule has 0 aliphatic heterocycles. The van der Waals surface area contributed by atoms with E-state index in [-0.39, 0.29) is 30.6 Å². The maximum atomic E-state index is 10.9. The van der Waals surface area contributed by atoms with E-state index in [1.807, 2.05) is 41.5 Å². The van der Waals surface area contributed by atoms with Crippen molar-refractivity contribution in [2.45, 2.75) is 124 Å². The maximum absolute atomic E-state index is 10.9. The van der Waals surface area contributed by atoms with Crippen molar-refractivity contribution >= 4 is 23.1 Å². The number of nitrogens with zero attached hydrogens (tertiary/aromatic N) is 16. The molecule has 0 spiro atoms. The molecule has 8 heterocycles. The summed E-state index contributed by atoms with van der Waals surface area (Å²) in [5, 5.41) is 0. The number of rotatable bonds is 10. The van der Waals surface area contributed by atoms with E-state index in [4.69, 9.17) is 18.9 Å². The summed E-state index contributed by atoms with van der Waals surface area (Å²) >= 11 is 0. The number of ketones is 4. The number of ether oxygens (including phenoxy) is 4. The molecular weight excluding hydrogens is 1050 g/mol. The number of carbonyl (C=O) groups is 4. The number of carbonyl (C=O) groups excluding carboxylic acids is 4. The van der Waals surface area contributed by atoms with Crippen LogP contribution in [-0.2, 0) is 6.42 Å². The molecule has 0 fully saturated rings. The Morgan fingerprint density at radius 3 is 1.22 bits per heavy atom. The Labute approximate surface area is 481 Å². The zero-order chi connectivity index (χ0) is 61.0. The Bertz CT molecular complexity index is 3180. The predicted octanol–water partition coefficient (Wildman–Crippen LogP) is 9.45. The SMILES string of the molecule is C.CC(=O)c1cnc(C)cn1.CC(=O)c1cncc(C)n1.CC(=O)c1ncc(C)nc1C.CC(=O)c1nccnc1C.CCc1nccnc1OC.COc1ncc(C)nc1C.COc1nccnc1C.COc1nccnc1C(C)C. The van der Waals surface area contributed by atoms with E-state index in [1.54, 1.807) is 117 Å². The zero-order valence-electron chi connectivity index (χ0n) is 49.8. The van der Waals surface area contributed by atoms with Gasteiger partial charge in [-0.15, -0.1) is 0 Å². The summed E-state index contributed by atoms with van der Waals surface area (Å²) in [6.07, 6.45) is 23.2. The van der Waals surface area contributed by atoms with Gasteiger partial charge < -0.3 is 18.9 Å². The minimum absolute atomic E-state index is 0. The summed E-state index contributed by atoms with van der Waals surface area (Å²) in [6.45, 7) is 26.7. The summed E-state index contributed by atoms with van der Waals surface area (Å²) in [4.78, 5) is 107. The van der Waals surface area contributed by atoms with E-state index in [0.29, 0.717) is 63.6 Å². The second-order valence-electron chi connectivity index (χ2n) is 17.0. The summed E-state index contributed by atoms with van der Waals surface area (Å²) < 4.78 is 19.8. The highest BCUT2D eigenvalue weighted by molar-refractivity contribution is 5.93. The number of hydrogen-bond acceptors (Lipinski definition) is 24. The first-order chi connectivity index (χ1) is 38.4. The first-order valence-corrected chi connectivity index (χ1v) is 25.0. The molecule has 438 valence electrons. The Balaban J connectivity index is 0.000000913. The van der Waals surface area contributed by atoms with Crippen LogP contribution in [0, 0.1) is 55.4 Å². The van der Waals surface area contributed by atoms with Gasteiger partial charge in [0.15, 0.2) is 23.1 Å². The van der Waals surface area contributed by atoms with Crippen LogP contribution in [0.4, 0.5) is 0 Å². The fourth-order valence-electron chi connectivity index (χ4n) is 5.94. The van der Waals surface area contributed by atoms with Gasteiger partial charge in [-0.3, -0.25) is 59.0 Å². The van der Waals surface area contributed by atoms with Crippen LogP contribution in [-0.4, -0.2) is 131 Å². The molecule has 0 unspecified atom stereocenters. The third-order valence-electron chi connectivity index (χ3n) is 9.81. The lowest BCUT2D eigenvalue weighted by Gasteiger charge is -2.07. The highest BCUT2D eigenvalue weighted by atomic mass is 16.5. The van der Waals surface area contributed by atoms with E-state index in [1.165, 1.54) is 46.3 Å². The van der Waals surface area contributed by atoms with Crippen LogP contribution in [0.3, 0.4) is 0 Å². The molecule has 8 aromatic heterocycles. The van der Waals surface area contributed by atoms with Gasteiger partial charge in [-0.25, -0.2) is 39.9 Å². The number of aryl methyl sites for hydroxylation is 9. The van der Waals surface area contributed by atoms with Crippen molar-refractivity contribution in [3.8, 4) is 23.5 Å². The van der Waals surface area contributed by atoms with Crippen LogP contribution >= 0.6 is 0 Å². The number of methoxy groups -OCH3 is 4. The standard InChI is InChI=1S/C8H12N2O.C8H10N2O.C7H10N2O.3C7H8N2O.C7H10N2O.C6H8N2O.CH4/c1-6(2)7-8(11-3)10-5-4-9-7;1-5-4-9-8(7(3)11)6(2)10-5;1-5-4-8-7(10-3)6(2)9-5;1-5-3-9-7(4-8-5)6(2)10;1-5-3-8-4-7(9-5)6(2)10;1-5-7(6(2)10)9-4-3-8-5;1-3-6-7(10-2)9-5-4-8-6;1-5-6(9-2)8-4-3-7-5;/h4-6H,1-3H3;4H,1-3H3;4H,1-3H3;3*3-4H,1-2H3;4-5H,3H2,1-2H3;3-4H,1-2H3;1H4. The lowest BCUT2D eigenvalue weighted by atomic mass is 10.1. The highest BCUT2D eigenvalue weighted by Crippen LogP contribution is 2.20. The molecule has 0 bridgehead atoms. The molecule has 0 aliphatic rings.